The molecule has 1 saturated carbocycles. The van der Waals surface area contributed by atoms with E-state index in [0.717, 1.165) is 31.7 Å². The van der Waals surface area contributed by atoms with Crippen LogP contribution in [0.1, 0.15) is 36.0 Å². The van der Waals surface area contributed by atoms with Gasteiger partial charge < -0.3 is 19.5 Å². The normalized spacial score (nSPS) is 15.8. The molecular formula is C20H17ClN2O7. The van der Waals surface area contributed by atoms with Crippen molar-refractivity contribution in [3.63, 3.8) is 0 Å². The molecule has 2 aromatic carbocycles. The van der Waals surface area contributed by atoms with E-state index in [9.17, 15) is 19.7 Å². The van der Waals surface area contributed by atoms with Crippen LogP contribution in [0.2, 0.25) is 5.02 Å². The summed E-state index contributed by atoms with van der Waals surface area (Å²) in [6, 6.07) is 8.56. The van der Waals surface area contributed by atoms with E-state index in [2.05, 4.69) is 5.32 Å². The zero-order valence-corrected chi connectivity index (χ0v) is 16.4. The number of rotatable bonds is 5. The lowest BCUT2D eigenvalue weighted by Crippen LogP contribution is -2.34. The fraction of sp³-hybridized carbons (Fsp3) is 0.300. The molecule has 1 N–H and O–H groups in total. The van der Waals surface area contributed by atoms with Crippen LogP contribution in [0.4, 0.5) is 11.4 Å². The fourth-order valence-corrected chi connectivity index (χ4v) is 3.69. The van der Waals surface area contributed by atoms with Crippen LogP contribution in [0.5, 0.6) is 11.5 Å². The van der Waals surface area contributed by atoms with E-state index in [1.807, 2.05) is 0 Å². The Balaban J connectivity index is 1.36. The molecule has 1 spiro atoms. The third-order valence-electron chi connectivity index (χ3n) is 4.90. The number of carbonyl (C=O) groups is 2. The van der Waals surface area contributed by atoms with E-state index in [-0.39, 0.29) is 10.6 Å². The average molecular weight is 433 g/mol. The predicted molar refractivity (Wildman–Crippen MR) is 106 cm³/mol. The second-order valence-electron chi connectivity index (χ2n) is 7.03. The Morgan fingerprint density at radius 1 is 1.13 bits per heavy atom. The number of fused-ring (bicyclic) bond motifs is 1. The average Bonchev–Trinajstić information content (AvgIpc) is 3.31. The summed E-state index contributed by atoms with van der Waals surface area (Å²) in [5.41, 5.74) is -0.336. The lowest BCUT2D eigenvalue weighted by Gasteiger charge is -2.21. The third kappa shape index (κ3) is 4.02. The number of anilines is 1. The molecule has 1 amide bonds. The molecule has 0 bridgehead atoms. The number of ether oxygens (including phenoxy) is 3. The smallest absolute Gasteiger partial charge is 0.345 e. The zero-order valence-electron chi connectivity index (χ0n) is 15.7. The fourth-order valence-electron chi connectivity index (χ4n) is 3.52. The van der Waals surface area contributed by atoms with Crippen molar-refractivity contribution in [1.82, 2.24) is 0 Å². The number of nitro benzene ring substituents is 1. The molecular weight excluding hydrogens is 416 g/mol. The Bertz CT molecular complexity index is 1030. The molecule has 1 aliphatic heterocycles. The molecule has 10 heteroatoms. The standard InChI is InChI=1S/C20H17ClN2O7/c21-12-3-5-14(15(9-12)23(26)27)19(25)28-11-18(24)22-13-4-6-16-17(10-13)30-20(29-16)7-1-2-8-20/h3-6,9-10H,1-2,7-8,11H2,(H,22,24). The van der Waals surface area contributed by atoms with Crippen LogP contribution in [0.3, 0.4) is 0 Å². The Kier molecular flexibility index (Phi) is 5.21. The number of hydrogen-bond donors (Lipinski definition) is 1. The molecule has 0 aromatic heterocycles. The van der Waals surface area contributed by atoms with Crippen LogP contribution in [0.15, 0.2) is 36.4 Å². The maximum absolute atomic E-state index is 12.2. The van der Waals surface area contributed by atoms with Crippen molar-refractivity contribution >= 4 is 34.9 Å². The van der Waals surface area contributed by atoms with Gasteiger partial charge in [0.15, 0.2) is 18.1 Å². The van der Waals surface area contributed by atoms with Gasteiger partial charge in [-0.15, -0.1) is 0 Å². The number of hydrogen-bond acceptors (Lipinski definition) is 7. The number of esters is 1. The second-order valence-corrected chi connectivity index (χ2v) is 7.46. The Morgan fingerprint density at radius 3 is 2.60 bits per heavy atom. The summed E-state index contributed by atoms with van der Waals surface area (Å²) in [4.78, 5) is 34.6. The number of carbonyl (C=O) groups excluding carboxylic acids is 2. The summed E-state index contributed by atoms with van der Waals surface area (Å²) in [6.07, 6.45) is 3.70. The maximum Gasteiger partial charge on any atom is 0.345 e. The molecule has 9 nitrogen and oxygen atoms in total. The minimum absolute atomic E-state index is 0.109. The number of nitro groups is 1. The van der Waals surface area contributed by atoms with Crippen LogP contribution >= 0.6 is 11.6 Å². The van der Waals surface area contributed by atoms with Gasteiger partial charge in [-0.3, -0.25) is 14.9 Å². The highest BCUT2D eigenvalue weighted by molar-refractivity contribution is 6.31. The van der Waals surface area contributed by atoms with Gasteiger partial charge in [-0.25, -0.2) is 4.79 Å². The minimum Gasteiger partial charge on any atom is -0.452 e. The molecule has 4 rings (SSSR count). The highest BCUT2D eigenvalue weighted by Gasteiger charge is 2.44. The van der Waals surface area contributed by atoms with Gasteiger partial charge in [-0.1, -0.05) is 11.6 Å². The number of nitrogens with zero attached hydrogens (tertiary/aromatic N) is 1. The molecule has 156 valence electrons. The summed E-state index contributed by atoms with van der Waals surface area (Å²) in [7, 11) is 0. The summed E-state index contributed by atoms with van der Waals surface area (Å²) < 4.78 is 16.8. The van der Waals surface area contributed by atoms with E-state index < -0.39 is 34.9 Å². The van der Waals surface area contributed by atoms with Gasteiger partial charge >= 0.3 is 5.97 Å². The van der Waals surface area contributed by atoms with E-state index in [4.69, 9.17) is 25.8 Å². The minimum atomic E-state index is -0.998. The highest BCUT2D eigenvalue weighted by Crippen LogP contribution is 2.47. The SMILES string of the molecule is O=C(COC(=O)c1ccc(Cl)cc1[N+](=O)[O-])Nc1ccc2c(c1)OC1(CCCC1)O2. The molecule has 2 aromatic rings. The van der Waals surface area contributed by atoms with Crippen molar-refractivity contribution in [3.8, 4) is 11.5 Å². The first-order valence-corrected chi connectivity index (χ1v) is 9.66. The second kappa shape index (κ2) is 7.83. The topological polar surface area (TPSA) is 117 Å². The molecule has 2 aliphatic rings. The van der Waals surface area contributed by atoms with E-state index >= 15 is 0 Å². The summed E-state index contributed by atoms with van der Waals surface area (Å²) >= 11 is 5.72. The molecule has 30 heavy (non-hydrogen) atoms. The molecule has 1 fully saturated rings. The first-order valence-electron chi connectivity index (χ1n) is 9.28. The molecule has 1 aliphatic carbocycles. The van der Waals surface area contributed by atoms with E-state index in [1.54, 1.807) is 18.2 Å². The summed E-state index contributed by atoms with van der Waals surface area (Å²) in [5.74, 6) is -1.04. The third-order valence-corrected chi connectivity index (χ3v) is 5.13. The molecule has 0 unspecified atom stereocenters. The number of nitrogens with one attached hydrogen (secondary N) is 1. The highest BCUT2D eigenvalue weighted by atomic mass is 35.5. The van der Waals surface area contributed by atoms with Crippen LogP contribution in [0, 0.1) is 10.1 Å². The van der Waals surface area contributed by atoms with Crippen LogP contribution in [0.25, 0.3) is 0 Å². The monoisotopic (exact) mass is 432 g/mol. The predicted octanol–water partition coefficient (Wildman–Crippen LogP) is 4.09. The number of halogens is 1. The van der Waals surface area contributed by atoms with Crippen LogP contribution < -0.4 is 14.8 Å². The first-order chi connectivity index (χ1) is 14.3. The van der Waals surface area contributed by atoms with Gasteiger partial charge in [0.1, 0.15) is 5.56 Å². The van der Waals surface area contributed by atoms with Gasteiger partial charge in [-0.05, 0) is 37.1 Å². The number of amides is 1. The van der Waals surface area contributed by atoms with E-state index in [0.29, 0.717) is 17.2 Å². The Labute approximate surface area is 176 Å². The number of benzene rings is 2. The van der Waals surface area contributed by atoms with Crippen molar-refractivity contribution in [1.29, 1.82) is 0 Å². The van der Waals surface area contributed by atoms with Gasteiger partial charge in [-0.2, -0.15) is 0 Å². The largest absolute Gasteiger partial charge is 0.452 e. The lowest BCUT2D eigenvalue weighted by molar-refractivity contribution is -0.385. The van der Waals surface area contributed by atoms with Crippen molar-refractivity contribution in [3.05, 3.63) is 57.1 Å². The van der Waals surface area contributed by atoms with E-state index in [1.165, 1.54) is 12.1 Å². The van der Waals surface area contributed by atoms with Gasteiger partial charge in [0.05, 0.1) is 4.92 Å². The van der Waals surface area contributed by atoms with Crippen molar-refractivity contribution in [2.24, 2.45) is 0 Å². The Hall–Kier alpha value is -3.33. The van der Waals surface area contributed by atoms with Crippen LogP contribution in [-0.4, -0.2) is 29.2 Å². The van der Waals surface area contributed by atoms with Crippen molar-refractivity contribution in [2.45, 2.75) is 31.5 Å². The summed E-state index contributed by atoms with van der Waals surface area (Å²) in [6.45, 7) is -0.614. The molecule has 0 radical (unpaired) electrons. The van der Waals surface area contributed by atoms with Gasteiger partial charge in [0, 0.05) is 35.7 Å². The zero-order chi connectivity index (χ0) is 21.3. The van der Waals surface area contributed by atoms with Crippen molar-refractivity contribution in [2.75, 3.05) is 11.9 Å². The molecule has 0 saturated heterocycles. The quantitative estimate of drug-likeness (QED) is 0.429. The van der Waals surface area contributed by atoms with Gasteiger partial charge in [0.2, 0.25) is 0 Å². The molecule has 1 heterocycles. The maximum atomic E-state index is 12.2. The van der Waals surface area contributed by atoms with Crippen LogP contribution in [-0.2, 0) is 9.53 Å². The summed E-state index contributed by atoms with van der Waals surface area (Å²) in [5, 5.41) is 13.8. The van der Waals surface area contributed by atoms with Gasteiger partial charge in [0.25, 0.3) is 17.4 Å². The first kappa shape index (κ1) is 20.0. The lowest BCUT2D eigenvalue weighted by atomic mass is 10.2. The molecule has 0 atom stereocenters. The van der Waals surface area contributed by atoms with Crippen molar-refractivity contribution < 1.29 is 28.7 Å². The Morgan fingerprint density at radius 2 is 1.87 bits per heavy atom.